The Kier molecular flexibility index (Phi) is 7.13. The fourth-order valence-corrected chi connectivity index (χ4v) is 2.87. The van der Waals surface area contributed by atoms with Crippen molar-refractivity contribution in [2.45, 2.75) is 38.4 Å². The minimum atomic E-state index is -1.44. The van der Waals surface area contributed by atoms with Gasteiger partial charge in [0.15, 0.2) is 0 Å². The summed E-state index contributed by atoms with van der Waals surface area (Å²) in [6.07, 6.45) is 2.07. The van der Waals surface area contributed by atoms with Gasteiger partial charge in [0.1, 0.15) is 12.1 Å². The number of H-pyrrole nitrogens is 1. The lowest BCUT2D eigenvalue weighted by Gasteiger charge is -2.24. The topological polar surface area (TPSA) is 158 Å². The number of amides is 2. The van der Waals surface area contributed by atoms with E-state index in [1.807, 2.05) is 24.3 Å². The smallest absolute Gasteiger partial charge is 0.328 e. The number of carbonyl (C=O) groups is 3. The van der Waals surface area contributed by atoms with E-state index >= 15 is 0 Å². The van der Waals surface area contributed by atoms with Gasteiger partial charge in [0.05, 0.1) is 12.6 Å². The van der Waals surface area contributed by atoms with Crippen LogP contribution in [-0.2, 0) is 20.8 Å². The highest BCUT2D eigenvalue weighted by atomic mass is 16.4. The second-order valence-electron chi connectivity index (χ2n) is 6.98. The van der Waals surface area contributed by atoms with E-state index in [-0.39, 0.29) is 12.3 Å². The minimum Gasteiger partial charge on any atom is -0.480 e. The number of aliphatic hydroxyl groups is 1. The molecule has 0 spiro atoms. The molecule has 2 amide bonds. The molecular formula is C19H26N4O5. The first-order valence-electron chi connectivity index (χ1n) is 8.99. The van der Waals surface area contributed by atoms with Crippen LogP contribution in [0.25, 0.3) is 10.9 Å². The fourth-order valence-electron chi connectivity index (χ4n) is 2.87. The molecular weight excluding hydrogens is 364 g/mol. The summed E-state index contributed by atoms with van der Waals surface area (Å²) < 4.78 is 0. The van der Waals surface area contributed by atoms with Crippen LogP contribution in [0.5, 0.6) is 0 Å². The zero-order chi connectivity index (χ0) is 20.8. The Morgan fingerprint density at radius 1 is 1.14 bits per heavy atom. The number of nitrogens with two attached hydrogens (primary N) is 1. The predicted octanol–water partition coefficient (Wildman–Crippen LogP) is -0.260. The molecule has 3 atom stereocenters. The van der Waals surface area contributed by atoms with Crippen LogP contribution in [0.3, 0.4) is 0 Å². The van der Waals surface area contributed by atoms with Gasteiger partial charge in [-0.1, -0.05) is 32.0 Å². The SMILES string of the molecule is CC(C)[C@H](NC(=O)[C@@H](N)Cc1c[nH]c2ccccc12)C(=O)N[C@@H](CO)C(=O)O. The largest absolute Gasteiger partial charge is 0.480 e. The number of hydrogen-bond donors (Lipinski definition) is 6. The number of nitrogens with one attached hydrogen (secondary N) is 3. The Labute approximate surface area is 162 Å². The number of carboxylic acids is 1. The average molecular weight is 390 g/mol. The third-order valence-electron chi connectivity index (χ3n) is 4.50. The van der Waals surface area contributed by atoms with E-state index < -0.39 is 42.5 Å². The van der Waals surface area contributed by atoms with E-state index in [1.165, 1.54) is 0 Å². The number of para-hydroxylation sites is 1. The van der Waals surface area contributed by atoms with Gasteiger partial charge < -0.3 is 31.6 Å². The van der Waals surface area contributed by atoms with Crippen LogP contribution in [0.1, 0.15) is 19.4 Å². The van der Waals surface area contributed by atoms with Crippen molar-refractivity contribution in [3.63, 3.8) is 0 Å². The number of fused-ring (bicyclic) bond motifs is 1. The Morgan fingerprint density at radius 2 is 1.82 bits per heavy atom. The Bertz CT molecular complexity index is 848. The van der Waals surface area contributed by atoms with Crippen molar-refractivity contribution in [2.75, 3.05) is 6.61 Å². The van der Waals surface area contributed by atoms with Crippen LogP contribution in [0.15, 0.2) is 30.5 Å². The van der Waals surface area contributed by atoms with Crippen molar-refractivity contribution in [3.05, 3.63) is 36.0 Å². The molecule has 28 heavy (non-hydrogen) atoms. The van der Waals surface area contributed by atoms with Gasteiger partial charge in [-0.25, -0.2) is 4.79 Å². The van der Waals surface area contributed by atoms with E-state index in [1.54, 1.807) is 20.0 Å². The summed E-state index contributed by atoms with van der Waals surface area (Å²) in [4.78, 5) is 39.0. The molecule has 0 unspecified atom stereocenters. The van der Waals surface area contributed by atoms with Crippen molar-refractivity contribution in [2.24, 2.45) is 11.7 Å². The monoisotopic (exact) mass is 390 g/mol. The molecule has 1 aromatic heterocycles. The summed E-state index contributed by atoms with van der Waals surface area (Å²) in [6, 6.07) is 4.34. The van der Waals surface area contributed by atoms with Gasteiger partial charge in [-0.15, -0.1) is 0 Å². The molecule has 1 heterocycles. The quantitative estimate of drug-likeness (QED) is 0.346. The normalized spacial score (nSPS) is 14.5. The Hall–Kier alpha value is -2.91. The third-order valence-corrected chi connectivity index (χ3v) is 4.50. The van der Waals surface area contributed by atoms with Gasteiger partial charge in [0.2, 0.25) is 11.8 Å². The lowest BCUT2D eigenvalue weighted by Crippen LogP contribution is -2.57. The molecule has 0 bridgehead atoms. The molecule has 2 aromatic rings. The van der Waals surface area contributed by atoms with Crippen molar-refractivity contribution in [1.29, 1.82) is 0 Å². The minimum absolute atomic E-state index is 0.274. The number of aliphatic carboxylic acids is 1. The van der Waals surface area contributed by atoms with Crippen LogP contribution in [-0.4, -0.2) is 57.7 Å². The van der Waals surface area contributed by atoms with Crippen LogP contribution >= 0.6 is 0 Å². The van der Waals surface area contributed by atoms with Crippen LogP contribution in [0, 0.1) is 5.92 Å². The maximum Gasteiger partial charge on any atom is 0.328 e. The summed E-state index contributed by atoms with van der Waals surface area (Å²) in [5.74, 6) is -2.88. The van der Waals surface area contributed by atoms with Gasteiger partial charge in [-0.05, 0) is 24.0 Å². The van der Waals surface area contributed by atoms with Crippen molar-refractivity contribution < 1.29 is 24.6 Å². The van der Waals surface area contributed by atoms with Crippen LogP contribution in [0.2, 0.25) is 0 Å². The maximum atomic E-state index is 12.5. The molecule has 152 valence electrons. The van der Waals surface area contributed by atoms with E-state index in [4.69, 9.17) is 15.9 Å². The van der Waals surface area contributed by atoms with Gasteiger partial charge in [-0.2, -0.15) is 0 Å². The van der Waals surface area contributed by atoms with E-state index in [2.05, 4.69) is 15.6 Å². The Balaban J connectivity index is 2.04. The van der Waals surface area contributed by atoms with Crippen molar-refractivity contribution in [1.82, 2.24) is 15.6 Å². The first kappa shape index (κ1) is 21.4. The van der Waals surface area contributed by atoms with Gasteiger partial charge in [-0.3, -0.25) is 9.59 Å². The molecule has 0 aliphatic rings. The summed E-state index contributed by atoms with van der Waals surface area (Å²) >= 11 is 0. The fraction of sp³-hybridized carbons (Fsp3) is 0.421. The molecule has 0 radical (unpaired) electrons. The summed E-state index contributed by atoms with van der Waals surface area (Å²) in [6.45, 7) is 2.68. The number of aliphatic hydroxyl groups excluding tert-OH is 1. The molecule has 2 rings (SSSR count). The number of benzene rings is 1. The van der Waals surface area contributed by atoms with Gasteiger partial charge in [0.25, 0.3) is 0 Å². The standard InChI is InChI=1S/C19H26N4O5/c1-10(2)16(18(26)22-15(9-24)19(27)28)23-17(25)13(20)7-11-8-21-14-6-4-3-5-12(11)14/h3-6,8,10,13,15-16,21,24H,7,9,20H2,1-2H3,(H,22,26)(H,23,25)(H,27,28)/t13-,15-,16-/m0/s1. The highest BCUT2D eigenvalue weighted by molar-refractivity contribution is 5.92. The molecule has 9 nitrogen and oxygen atoms in total. The summed E-state index contributed by atoms with van der Waals surface area (Å²) in [5.41, 5.74) is 7.85. The Morgan fingerprint density at radius 3 is 2.43 bits per heavy atom. The number of carbonyl (C=O) groups excluding carboxylic acids is 2. The highest BCUT2D eigenvalue weighted by Gasteiger charge is 2.29. The molecule has 0 aliphatic heterocycles. The summed E-state index contributed by atoms with van der Waals surface area (Å²) in [5, 5.41) is 23.8. The van der Waals surface area contributed by atoms with Gasteiger partial charge >= 0.3 is 5.97 Å². The van der Waals surface area contributed by atoms with E-state index in [9.17, 15) is 14.4 Å². The third kappa shape index (κ3) is 5.08. The van der Waals surface area contributed by atoms with Gasteiger partial charge in [0, 0.05) is 17.1 Å². The van der Waals surface area contributed by atoms with Crippen LogP contribution in [0.4, 0.5) is 0 Å². The second kappa shape index (κ2) is 9.34. The zero-order valence-electron chi connectivity index (χ0n) is 15.8. The number of hydrogen-bond acceptors (Lipinski definition) is 5. The lowest BCUT2D eigenvalue weighted by atomic mass is 10.0. The van der Waals surface area contributed by atoms with E-state index in [0.717, 1.165) is 16.5 Å². The maximum absolute atomic E-state index is 12.5. The molecule has 0 saturated heterocycles. The molecule has 0 aliphatic carbocycles. The number of aromatic amines is 1. The summed E-state index contributed by atoms with van der Waals surface area (Å²) in [7, 11) is 0. The van der Waals surface area contributed by atoms with Crippen LogP contribution < -0.4 is 16.4 Å². The first-order chi connectivity index (χ1) is 13.2. The number of aromatic nitrogens is 1. The average Bonchev–Trinajstić information content (AvgIpc) is 3.06. The molecule has 9 heteroatoms. The predicted molar refractivity (Wildman–Crippen MR) is 103 cm³/mol. The molecule has 7 N–H and O–H groups in total. The van der Waals surface area contributed by atoms with Crippen molar-refractivity contribution in [3.8, 4) is 0 Å². The zero-order valence-corrected chi connectivity index (χ0v) is 15.8. The number of rotatable bonds is 9. The van der Waals surface area contributed by atoms with E-state index in [0.29, 0.717) is 0 Å². The number of carboxylic acid groups (broad SMARTS) is 1. The highest BCUT2D eigenvalue weighted by Crippen LogP contribution is 2.18. The molecule has 0 fully saturated rings. The second-order valence-corrected chi connectivity index (χ2v) is 6.98. The molecule has 1 aromatic carbocycles. The first-order valence-corrected chi connectivity index (χ1v) is 8.99. The lowest BCUT2D eigenvalue weighted by molar-refractivity contribution is -0.143. The molecule has 0 saturated carbocycles. The van der Waals surface area contributed by atoms with Crippen molar-refractivity contribution >= 4 is 28.7 Å².